The minimum atomic E-state index is -0.0111. The maximum absolute atomic E-state index is 9.83. The first-order valence-corrected chi connectivity index (χ1v) is 7.47. The summed E-state index contributed by atoms with van der Waals surface area (Å²) in [6.45, 7) is 4.10. The lowest BCUT2D eigenvalue weighted by atomic mass is 10.2. The summed E-state index contributed by atoms with van der Waals surface area (Å²) in [6.07, 6.45) is 1.55. The predicted molar refractivity (Wildman–Crippen MR) is 86.1 cm³/mol. The van der Waals surface area contributed by atoms with Crippen molar-refractivity contribution < 1.29 is 9.63 Å². The van der Waals surface area contributed by atoms with Crippen molar-refractivity contribution in [1.29, 1.82) is 0 Å². The number of nitrogens with zero attached hydrogens (tertiary/aromatic N) is 6. The maximum Gasteiger partial charge on any atom is 0.280 e. The van der Waals surface area contributed by atoms with Crippen LogP contribution in [0.25, 0.3) is 34.0 Å². The Balaban J connectivity index is 1.75. The van der Waals surface area contributed by atoms with E-state index < -0.39 is 0 Å². The van der Waals surface area contributed by atoms with Gasteiger partial charge in [-0.05, 0) is 44.2 Å². The molecule has 0 saturated carbocycles. The summed E-state index contributed by atoms with van der Waals surface area (Å²) in [7, 11) is 0. The molecule has 1 N–H and O–H groups in total. The maximum atomic E-state index is 9.83. The quantitative estimate of drug-likeness (QED) is 0.618. The number of rotatable bonds is 3. The van der Waals surface area contributed by atoms with Gasteiger partial charge in [-0.3, -0.25) is 0 Å². The molecule has 0 amide bonds. The molecule has 8 nitrogen and oxygen atoms in total. The van der Waals surface area contributed by atoms with E-state index in [-0.39, 0.29) is 23.4 Å². The van der Waals surface area contributed by atoms with E-state index in [1.807, 2.05) is 36.7 Å². The first-order chi connectivity index (χ1) is 11.6. The van der Waals surface area contributed by atoms with Crippen molar-refractivity contribution >= 4 is 11.0 Å². The molecule has 1 aromatic carbocycles. The van der Waals surface area contributed by atoms with Crippen molar-refractivity contribution in [3.63, 3.8) is 0 Å². The molecule has 0 saturated heterocycles. The molecule has 0 atom stereocenters. The number of hydrogen-bond acceptors (Lipinski definition) is 7. The van der Waals surface area contributed by atoms with Gasteiger partial charge in [-0.2, -0.15) is 4.98 Å². The van der Waals surface area contributed by atoms with Crippen molar-refractivity contribution in [2.45, 2.75) is 19.9 Å². The Morgan fingerprint density at radius 3 is 2.88 bits per heavy atom. The summed E-state index contributed by atoms with van der Waals surface area (Å²) in [4.78, 5) is 8.36. The van der Waals surface area contributed by atoms with Crippen LogP contribution in [0.1, 0.15) is 19.9 Å². The molecule has 0 aliphatic heterocycles. The van der Waals surface area contributed by atoms with Crippen LogP contribution in [0.3, 0.4) is 0 Å². The van der Waals surface area contributed by atoms with Crippen LogP contribution in [0.2, 0.25) is 0 Å². The van der Waals surface area contributed by atoms with Crippen LogP contribution in [0.15, 0.2) is 41.1 Å². The molecule has 120 valence electrons. The van der Waals surface area contributed by atoms with Gasteiger partial charge in [0.2, 0.25) is 5.82 Å². The number of aromatic nitrogens is 6. The lowest BCUT2D eigenvalue weighted by Crippen LogP contribution is -2.02. The van der Waals surface area contributed by atoms with Crippen molar-refractivity contribution in [1.82, 2.24) is 30.1 Å². The number of benzene rings is 1. The average molecular weight is 322 g/mol. The van der Waals surface area contributed by atoms with Crippen LogP contribution < -0.4 is 0 Å². The molecule has 3 heterocycles. The van der Waals surface area contributed by atoms with Crippen LogP contribution in [-0.4, -0.2) is 35.2 Å². The van der Waals surface area contributed by atoms with Gasteiger partial charge in [0.1, 0.15) is 11.3 Å². The second kappa shape index (κ2) is 5.41. The summed E-state index contributed by atoms with van der Waals surface area (Å²) in [5, 5.41) is 22.1. The smallest absolute Gasteiger partial charge is 0.280 e. The highest BCUT2D eigenvalue weighted by atomic mass is 16.5. The van der Waals surface area contributed by atoms with Gasteiger partial charge >= 0.3 is 0 Å². The molecule has 0 unspecified atom stereocenters. The molecule has 0 spiro atoms. The van der Waals surface area contributed by atoms with Crippen LogP contribution in [-0.2, 0) is 0 Å². The number of hydrogen-bond donors (Lipinski definition) is 1. The van der Waals surface area contributed by atoms with E-state index in [0.717, 1.165) is 16.6 Å². The highest BCUT2D eigenvalue weighted by Crippen LogP contribution is 2.28. The monoisotopic (exact) mass is 322 g/mol. The van der Waals surface area contributed by atoms with Gasteiger partial charge in [0.05, 0.1) is 5.52 Å². The Labute approximate surface area is 136 Å². The van der Waals surface area contributed by atoms with Crippen molar-refractivity contribution in [3.8, 4) is 28.7 Å². The number of pyridine rings is 1. The Kier molecular flexibility index (Phi) is 3.23. The molecular formula is C16H14N6O2. The van der Waals surface area contributed by atoms with Crippen molar-refractivity contribution in [2.24, 2.45) is 0 Å². The minimum Gasteiger partial charge on any atom is -0.505 e. The molecule has 8 heteroatoms. The second-order valence-corrected chi connectivity index (χ2v) is 5.63. The van der Waals surface area contributed by atoms with Gasteiger partial charge in [0, 0.05) is 17.8 Å². The van der Waals surface area contributed by atoms with E-state index in [4.69, 9.17) is 4.52 Å². The number of aromatic hydroxyl groups is 1. The van der Waals surface area contributed by atoms with Crippen molar-refractivity contribution in [3.05, 3.63) is 36.5 Å². The molecule has 24 heavy (non-hydrogen) atoms. The van der Waals surface area contributed by atoms with Gasteiger partial charge in [0.25, 0.3) is 5.89 Å². The van der Waals surface area contributed by atoms with E-state index in [1.165, 1.54) is 6.07 Å². The zero-order chi connectivity index (χ0) is 16.7. The SMILES string of the molecule is CC(C)n1nnc2cc(-c3noc(-c4ncccc4O)n3)ccc21. The minimum absolute atomic E-state index is 0.0111. The lowest BCUT2D eigenvalue weighted by molar-refractivity contribution is 0.423. The van der Waals surface area contributed by atoms with Crippen LogP contribution in [0.4, 0.5) is 0 Å². The highest BCUT2D eigenvalue weighted by molar-refractivity contribution is 5.80. The van der Waals surface area contributed by atoms with Crippen molar-refractivity contribution in [2.75, 3.05) is 0 Å². The lowest BCUT2D eigenvalue weighted by Gasteiger charge is -2.04. The molecule has 4 aromatic rings. The Bertz CT molecular complexity index is 1020. The topological polar surface area (TPSA) is 103 Å². The summed E-state index contributed by atoms with van der Waals surface area (Å²) < 4.78 is 7.07. The molecular weight excluding hydrogens is 308 g/mol. The van der Waals surface area contributed by atoms with E-state index in [9.17, 15) is 5.11 Å². The predicted octanol–water partition coefficient (Wildman–Crippen LogP) is 2.83. The molecule has 0 radical (unpaired) electrons. The van der Waals surface area contributed by atoms with Gasteiger partial charge in [-0.15, -0.1) is 5.10 Å². The number of fused-ring (bicyclic) bond motifs is 1. The molecule has 0 fully saturated rings. The molecule has 4 rings (SSSR count). The fourth-order valence-electron chi connectivity index (χ4n) is 2.46. The average Bonchev–Trinajstić information content (AvgIpc) is 3.21. The zero-order valence-electron chi connectivity index (χ0n) is 13.1. The third-order valence-corrected chi connectivity index (χ3v) is 3.63. The Morgan fingerprint density at radius 2 is 2.08 bits per heavy atom. The second-order valence-electron chi connectivity index (χ2n) is 5.63. The van der Waals surface area contributed by atoms with E-state index in [0.29, 0.717) is 5.82 Å². The molecule has 0 aliphatic carbocycles. The fraction of sp³-hybridized carbons (Fsp3) is 0.188. The highest BCUT2D eigenvalue weighted by Gasteiger charge is 2.16. The van der Waals surface area contributed by atoms with Gasteiger partial charge in [-0.25, -0.2) is 9.67 Å². The van der Waals surface area contributed by atoms with E-state index >= 15 is 0 Å². The zero-order valence-corrected chi connectivity index (χ0v) is 13.1. The summed E-state index contributed by atoms with van der Waals surface area (Å²) in [5.41, 5.74) is 2.71. The largest absolute Gasteiger partial charge is 0.505 e. The molecule has 0 aliphatic rings. The first-order valence-electron chi connectivity index (χ1n) is 7.47. The van der Waals surface area contributed by atoms with Crippen LogP contribution >= 0.6 is 0 Å². The summed E-state index contributed by atoms with van der Waals surface area (Å²) in [6, 6.07) is 9.04. The third kappa shape index (κ3) is 2.28. The molecule has 3 aromatic heterocycles. The molecule has 0 bridgehead atoms. The fourth-order valence-corrected chi connectivity index (χ4v) is 2.46. The summed E-state index contributed by atoms with van der Waals surface area (Å²) in [5.74, 6) is 0.549. The Morgan fingerprint density at radius 1 is 1.21 bits per heavy atom. The van der Waals surface area contributed by atoms with Gasteiger partial charge < -0.3 is 9.63 Å². The van der Waals surface area contributed by atoms with Gasteiger partial charge in [0.15, 0.2) is 5.69 Å². The Hall–Kier alpha value is -3.29. The van der Waals surface area contributed by atoms with Crippen LogP contribution in [0.5, 0.6) is 5.75 Å². The van der Waals surface area contributed by atoms with E-state index in [2.05, 4.69) is 25.4 Å². The third-order valence-electron chi connectivity index (χ3n) is 3.63. The van der Waals surface area contributed by atoms with E-state index in [1.54, 1.807) is 12.3 Å². The standard InChI is InChI=1S/C16H14N6O2/c1-9(2)22-12-6-5-10(8-11(12)19-21-22)15-18-16(24-20-15)14-13(23)4-3-7-17-14/h3-9,23H,1-2H3. The van der Waals surface area contributed by atoms with Crippen LogP contribution in [0, 0.1) is 0 Å². The van der Waals surface area contributed by atoms with Gasteiger partial charge in [-0.1, -0.05) is 10.4 Å². The normalized spacial score (nSPS) is 11.5. The first kappa shape index (κ1) is 14.3. The summed E-state index contributed by atoms with van der Waals surface area (Å²) >= 11 is 0.